The first-order chi connectivity index (χ1) is 14.3. The predicted octanol–water partition coefficient (Wildman–Crippen LogP) is 4.09. The summed E-state index contributed by atoms with van der Waals surface area (Å²) in [7, 11) is 1.56. The van der Waals surface area contributed by atoms with Crippen molar-refractivity contribution in [3.8, 4) is 5.75 Å². The van der Waals surface area contributed by atoms with E-state index in [9.17, 15) is 9.59 Å². The zero-order valence-corrected chi connectivity index (χ0v) is 18.5. The second kappa shape index (κ2) is 9.13. The molecule has 3 rings (SSSR count). The Morgan fingerprint density at radius 3 is 2.70 bits per heavy atom. The molecule has 0 saturated carbocycles. The molecule has 0 aromatic heterocycles. The highest BCUT2D eigenvalue weighted by molar-refractivity contribution is 6.09. The van der Waals surface area contributed by atoms with Crippen LogP contribution in [0.3, 0.4) is 0 Å². The van der Waals surface area contributed by atoms with Gasteiger partial charge in [0.15, 0.2) is 5.78 Å². The first-order valence-corrected chi connectivity index (χ1v) is 10.5. The van der Waals surface area contributed by atoms with Crippen LogP contribution in [0.5, 0.6) is 5.75 Å². The van der Waals surface area contributed by atoms with E-state index in [0.29, 0.717) is 43.1 Å². The highest BCUT2D eigenvalue weighted by Crippen LogP contribution is 2.48. The van der Waals surface area contributed by atoms with Gasteiger partial charge >= 0.3 is 5.97 Å². The van der Waals surface area contributed by atoms with Crippen LogP contribution in [0.4, 0.5) is 0 Å². The highest BCUT2D eigenvalue weighted by Gasteiger charge is 2.46. The van der Waals surface area contributed by atoms with E-state index in [-0.39, 0.29) is 23.8 Å². The SMILES string of the molecule is CCOc1cccc([C@H]2C3=C(CC(C)(C)CC3=O)N=C(C)[C@H]2C(=O)OCCOC)c1. The molecule has 0 fully saturated rings. The van der Waals surface area contributed by atoms with Gasteiger partial charge in [-0.2, -0.15) is 0 Å². The molecule has 162 valence electrons. The lowest BCUT2D eigenvalue weighted by molar-refractivity contribution is -0.147. The van der Waals surface area contributed by atoms with Gasteiger partial charge in [0, 0.05) is 36.4 Å². The fourth-order valence-electron chi connectivity index (χ4n) is 4.39. The number of ether oxygens (including phenoxy) is 3. The van der Waals surface area contributed by atoms with Crippen molar-refractivity contribution in [1.29, 1.82) is 0 Å². The number of allylic oxidation sites excluding steroid dienone is 2. The molecular weight excluding hydrogens is 382 g/mol. The predicted molar refractivity (Wildman–Crippen MR) is 115 cm³/mol. The lowest BCUT2D eigenvalue weighted by Crippen LogP contribution is -2.39. The van der Waals surface area contributed by atoms with Crippen LogP contribution in [0.25, 0.3) is 0 Å². The van der Waals surface area contributed by atoms with Crippen molar-refractivity contribution in [1.82, 2.24) is 0 Å². The Hall–Kier alpha value is -2.47. The molecule has 0 saturated heterocycles. The third kappa shape index (κ3) is 4.64. The largest absolute Gasteiger partial charge is 0.494 e. The number of esters is 1. The maximum atomic E-state index is 13.2. The van der Waals surface area contributed by atoms with Crippen molar-refractivity contribution in [3.63, 3.8) is 0 Å². The Balaban J connectivity index is 2.08. The van der Waals surface area contributed by atoms with Crippen LogP contribution >= 0.6 is 0 Å². The Morgan fingerprint density at radius 2 is 2.00 bits per heavy atom. The molecule has 1 heterocycles. The molecule has 1 aliphatic heterocycles. The molecule has 0 bridgehead atoms. The highest BCUT2D eigenvalue weighted by atomic mass is 16.6. The maximum absolute atomic E-state index is 13.2. The van der Waals surface area contributed by atoms with Crippen molar-refractivity contribution < 1.29 is 23.8 Å². The summed E-state index contributed by atoms with van der Waals surface area (Å²) in [6.07, 6.45) is 1.14. The summed E-state index contributed by atoms with van der Waals surface area (Å²) in [6, 6.07) is 7.63. The summed E-state index contributed by atoms with van der Waals surface area (Å²) in [4.78, 5) is 31.0. The van der Waals surface area contributed by atoms with Crippen molar-refractivity contribution in [2.24, 2.45) is 16.3 Å². The number of methoxy groups -OCH3 is 1. The average molecular weight is 414 g/mol. The van der Waals surface area contributed by atoms with E-state index in [1.165, 1.54) is 0 Å². The zero-order valence-electron chi connectivity index (χ0n) is 18.5. The third-order valence-electron chi connectivity index (χ3n) is 5.62. The molecule has 6 heteroatoms. The van der Waals surface area contributed by atoms with Gasteiger partial charge in [-0.25, -0.2) is 0 Å². The molecule has 0 radical (unpaired) electrons. The molecule has 0 unspecified atom stereocenters. The number of Topliss-reactive ketones (excluding diaryl/α,β-unsaturated/α-hetero) is 1. The molecule has 2 atom stereocenters. The molecule has 2 aliphatic rings. The fourth-order valence-corrected chi connectivity index (χ4v) is 4.39. The van der Waals surface area contributed by atoms with Gasteiger partial charge in [-0.1, -0.05) is 26.0 Å². The Bertz CT molecular complexity index is 883. The molecule has 1 aromatic rings. The Morgan fingerprint density at radius 1 is 1.23 bits per heavy atom. The number of ketones is 1. The van der Waals surface area contributed by atoms with Crippen molar-refractivity contribution in [2.75, 3.05) is 26.9 Å². The number of hydrogen-bond acceptors (Lipinski definition) is 6. The molecular formula is C24H31NO5. The second-order valence-corrected chi connectivity index (χ2v) is 8.68. The minimum absolute atomic E-state index is 0.0546. The van der Waals surface area contributed by atoms with E-state index >= 15 is 0 Å². The van der Waals surface area contributed by atoms with Gasteiger partial charge in [-0.3, -0.25) is 14.6 Å². The molecule has 6 nitrogen and oxygen atoms in total. The maximum Gasteiger partial charge on any atom is 0.315 e. The van der Waals surface area contributed by atoms with Crippen LogP contribution < -0.4 is 4.74 Å². The minimum Gasteiger partial charge on any atom is -0.494 e. The van der Waals surface area contributed by atoms with Crippen LogP contribution in [-0.2, 0) is 19.1 Å². The monoisotopic (exact) mass is 413 g/mol. The molecule has 30 heavy (non-hydrogen) atoms. The standard InChI is InChI=1S/C24H31NO5/c1-6-29-17-9-7-8-16(12-17)21-20(23(27)30-11-10-28-5)15(2)25-18-13-24(3,4)14-19(26)22(18)21/h7-9,12,20-21H,6,10-11,13-14H2,1-5H3/t20-,21-/m1/s1. The van der Waals surface area contributed by atoms with Gasteiger partial charge in [-0.15, -0.1) is 0 Å². The first kappa shape index (κ1) is 22.2. The molecule has 0 N–H and O–H groups in total. The Labute approximate surface area is 178 Å². The summed E-state index contributed by atoms with van der Waals surface area (Å²) in [5.74, 6) is -0.699. The van der Waals surface area contributed by atoms with Gasteiger partial charge in [0.2, 0.25) is 0 Å². The lowest BCUT2D eigenvalue weighted by Gasteiger charge is -2.39. The van der Waals surface area contributed by atoms with Crippen LogP contribution in [-0.4, -0.2) is 44.4 Å². The van der Waals surface area contributed by atoms with Crippen molar-refractivity contribution in [3.05, 3.63) is 41.1 Å². The number of rotatable bonds is 7. The normalized spacial score (nSPS) is 23.0. The van der Waals surface area contributed by atoms with Crippen LogP contribution in [0.2, 0.25) is 0 Å². The van der Waals surface area contributed by atoms with E-state index in [0.717, 1.165) is 11.3 Å². The summed E-state index contributed by atoms with van der Waals surface area (Å²) in [6.45, 7) is 8.95. The summed E-state index contributed by atoms with van der Waals surface area (Å²) < 4.78 is 16.1. The zero-order chi connectivity index (χ0) is 21.9. The number of carbonyl (C=O) groups is 2. The van der Waals surface area contributed by atoms with E-state index in [4.69, 9.17) is 19.2 Å². The van der Waals surface area contributed by atoms with E-state index in [1.807, 2.05) is 38.1 Å². The number of carbonyl (C=O) groups excluding carboxylic acids is 2. The fraction of sp³-hybridized carbons (Fsp3) is 0.542. The van der Waals surface area contributed by atoms with Crippen LogP contribution in [0.1, 0.15) is 52.0 Å². The second-order valence-electron chi connectivity index (χ2n) is 8.68. The van der Waals surface area contributed by atoms with Crippen molar-refractivity contribution >= 4 is 17.5 Å². The molecule has 1 aliphatic carbocycles. The summed E-state index contributed by atoms with van der Waals surface area (Å²) >= 11 is 0. The van der Waals surface area contributed by atoms with E-state index < -0.39 is 11.8 Å². The molecule has 0 spiro atoms. The van der Waals surface area contributed by atoms with Crippen molar-refractivity contribution in [2.45, 2.75) is 46.5 Å². The Kier molecular flexibility index (Phi) is 6.76. The number of aliphatic imine (C=N–C) groups is 1. The minimum atomic E-state index is -0.650. The van der Waals surface area contributed by atoms with Crippen LogP contribution in [0.15, 0.2) is 40.5 Å². The van der Waals surface area contributed by atoms with Gasteiger partial charge in [0.1, 0.15) is 18.3 Å². The first-order valence-electron chi connectivity index (χ1n) is 10.5. The van der Waals surface area contributed by atoms with Crippen LogP contribution in [0, 0.1) is 11.3 Å². The summed E-state index contributed by atoms with van der Waals surface area (Å²) in [5, 5.41) is 0. The smallest absolute Gasteiger partial charge is 0.315 e. The van der Waals surface area contributed by atoms with Gasteiger partial charge < -0.3 is 14.2 Å². The number of benzene rings is 1. The van der Waals surface area contributed by atoms with Gasteiger partial charge in [0.05, 0.1) is 13.2 Å². The van der Waals surface area contributed by atoms with E-state index in [2.05, 4.69) is 13.8 Å². The van der Waals surface area contributed by atoms with Gasteiger partial charge in [0.25, 0.3) is 0 Å². The third-order valence-corrected chi connectivity index (χ3v) is 5.62. The topological polar surface area (TPSA) is 74.2 Å². The lowest BCUT2D eigenvalue weighted by atomic mass is 9.67. The number of nitrogens with zero attached hydrogens (tertiary/aromatic N) is 1. The number of hydrogen-bond donors (Lipinski definition) is 0. The quantitative estimate of drug-likeness (QED) is 0.497. The van der Waals surface area contributed by atoms with Gasteiger partial charge in [-0.05, 0) is 43.4 Å². The van der Waals surface area contributed by atoms with E-state index in [1.54, 1.807) is 7.11 Å². The summed E-state index contributed by atoms with van der Waals surface area (Å²) in [5.41, 5.74) is 2.82. The molecule has 1 aromatic carbocycles. The average Bonchev–Trinajstić information content (AvgIpc) is 2.66. The molecule has 0 amide bonds.